The van der Waals surface area contributed by atoms with Crippen LogP contribution in [0.3, 0.4) is 0 Å². The zero-order chi connectivity index (χ0) is 21.7. The number of methoxy groups -OCH3 is 2. The maximum Gasteiger partial charge on any atom is 0.272 e. The highest BCUT2D eigenvalue weighted by Gasteiger charge is 2.14. The summed E-state index contributed by atoms with van der Waals surface area (Å²) < 4.78 is 10.5. The molecule has 3 aromatic rings. The zero-order valence-corrected chi connectivity index (χ0v) is 17.6. The van der Waals surface area contributed by atoms with Gasteiger partial charge in [0.15, 0.2) is 16.6 Å². The minimum atomic E-state index is -0.415. The molecule has 0 bridgehead atoms. The first-order valence-electron chi connectivity index (χ1n) is 9.13. The Morgan fingerprint density at radius 2 is 1.93 bits per heavy atom. The van der Waals surface area contributed by atoms with Crippen molar-refractivity contribution in [1.82, 2.24) is 4.98 Å². The summed E-state index contributed by atoms with van der Waals surface area (Å²) in [6, 6.07) is 10.5. The first-order chi connectivity index (χ1) is 14.4. The van der Waals surface area contributed by atoms with Gasteiger partial charge in [0.25, 0.3) is 5.69 Å². The molecule has 0 radical (unpaired) electrons. The number of benzene rings is 2. The predicted octanol–water partition coefficient (Wildman–Crippen LogP) is 4.62. The monoisotopic (exact) mass is 427 g/mol. The van der Waals surface area contributed by atoms with Crippen LogP contribution in [0.15, 0.2) is 41.8 Å². The number of thiazole rings is 1. The third-order valence-corrected chi connectivity index (χ3v) is 5.30. The Kier molecular flexibility index (Phi) is 6.63. The fraction of sp³-hybridized carbons (Fsp3) is 0.238. The molecule has 0 saturated carbocycles. The lowest BCUT2D eigenvalue weighted by Gasteiger charge is -2.09. The molecular formula is C21H21N3O5S. The number of nitrogens with one attached hydrogen (secondary N) is 1. The smallest absolute Gasteiger partial charge is 0.272 e. The zero-order valence-electron chi connectivity index (χ0n) is 16.8. The molecule has 8 nitrogen and oxygen atoms in total. The minimum absolute atomic E-state index is 0.0426. The van der Waals surface area contributed by atoms with Crippen LogP contribution in [0, 0.1) is 17.0 Å². The molecule has 3 rings (SSSR count). The molecular weight excluding hydrogens is 406 g/mol. The highest BCUT2D eigenvalue weighted by molar-refractivity contribution is 7.14. The summed E-state index contributed by atoms with van der Waals surface area (Å²) in [4.78, 5) is 27.4. The van der Waals surface area contributed by atoms with Crippen molar-refractivity contribution in [2.45, 2.75) is 19.8 Å². The molecule has 1 aromatic heterocycles. The SMILES string of the molecule is COc1ccc(CCC(=O)Nc2nc(-c3ccc(C)c([N+](=O)[O-])c3)cs2)cc1OC. The van der Waals surface area contributed by atoms with Gasteiger partial charge in [0, 0.05) is 29.0 Å². The lowest BCUT2D eigenvalue weighted by atomic mass is 10.1. The van der Waals surface area contributed by atoms with Crippen LogP contribution in [0.5, 0.6) is 11.5 Å². The Labute approximate surface area is 177 Å². The van der Waals surface area contributed by atoms with Gasteiger partial charge < -0.3 is 14.8 Å². The number of hydrogen-bond acceptors (Lipinski definition) is 7. The van der Waals surface area contributed by atoms with E-state index >= 15 is 0 Å². The maximum absolute atomic E-state index is 12.3. The first kappa shape index (κ1) is 21.3. The predicted molar refractivity (Wildman–Crippen MR) is 115 cm³/mol. The second-order valence-electron chi connectivity index (χ2n) is 6.53. The van der Waals surface area contributed by atoms with E-state index in [2.05, 4.69) is 10.3 Å². The molecule has 0 fully saturated rings. The number of nitro benzene ring substituents is 1. The van der Waals surface area contributed by atoms with E-state index in [1.165, 1.54) is 17.4 Å². The van der Waals surface area contributed by atoms with Crippen molar-refractivity contribution < 1.29 is 19.2 Å². The molecule has 30 heavy (non-hydrogen) atoms. The molecule has 0 aliphatic heterocycles. The van der Waals surface area contributed by atoms with Gasteiger partial charge in [0.2, 0.25) is 5.91 Å². The molecule has 0 unspecified atom stereocenters. The van der Waals surface area contributed by atoms with E-state index in [1.54, 1.807) is 44.7 Å². The molecule has 0 saturated heterocycles. The number of amides is 1. The van der Waals surface area contributed by atoms with Crippen LogP contribution in [-0.2, 0) is 11.2 Å². The van der Waals surface area contributed by atoms with Gasteiger partial charge in [-0.05, 0) is 31.0 Å². The van der Waals surface area contributed by atoms with Gasteiger partial charge in [-0.1, -0.05) is 18.2 Å². The summed E-state index contributed by atoms with van der Waals surface area (Å²) in [7, 11) is 3.14. The van der Waals surface area contributed by atoms with Gasteiger partial charge in [-0.3, -0.25) is 14.9 Å². The Morgan fingerprint density at radius 3 is 2.63 bits per heavy atom. The number of aryl methyl sites for hydroxylation is 2. The highest BCUT2D eigenvalue weighted by atomic mass is 32.1. The maximum atomic E-state index is 12.3. The summed E-state index contributed by atoms with van der Waals surface area (Å²) in [5.41, 5.74) is 2.80. The van der Waals surface area contributed by atoms with Crippen LogP contribution in [0.25, 0.3) is 11.3 Å². The van der Waals surface area contributed by atoms with Crippen LogP contribution in [0.4, 0.5) is 10.8 Å². The Hall–Kier alpha value is -3.46. The lowest BCUT2D eigenvalue weighted by molar-refractivity contribution is -0.385. The summed E-state index contributed by atoms with van der Waals surface area (Å²) in [5.74, 6) is 1.09. The number of carbonyl (C=O) groups excluding carboxylic acids is 1. The van der Waals surface area contributed by atoms with E-state index in [9.17, 15) is 14.9 Å². The number of hydrogen-bond donors (Lipinski definition) is 1. The molecule has 1 N–H and O–H groups in total. The molecule has 9 heteroatoms. The second kappa shape index (κ2) is 9.36. The average molecular weight is 427 g/mol. The first-order valence-corrected chi connectivity index (χ1v) is 10.0. The van der Waals surface area contributed by atoms with Crippen molar-refractivity contribution in [3.05, 3.63) is 63.0 Å². The lowest BCUT2D eigenvalue weighted by Crippen LogP contribution is -2.12. The Balaban J connectivity index is 1.63. The third-order valence-electron chi connectivity index (χ3n) is 4.54. The van der Waals surface area contributed by atoms with Gasteiger partial charge in [0.1, 0.15) is 0 Å². The van der Waals surface area contributed by atoms with Crippen molar-refractivity contribution >= 4 is 28.1 Å². The number of aromatic nitrogens is 1. The molecule has 0 spiro atoms. The van der Waals surface area contributed by atoms with E-state index in [4.69, 9.17) is 9.47 Å². The summed E-state index contributed by atoms with van der Waals surface area (Å²) in [6.45, 7) is 1.69. The fourth-order valence-corrected chi connectivity index (χ4v) is 3.64. The van der Waals surface area contributed by atoms with E-state index in [0.717, 1.165) is 5.56 Å². The molecule has 2 aromatic carbocycles. The fourth-order valence-electron chi connectivity index (χ4n) is 2.90. The molecule has 1 amide bonds. The van der Waals surface area contributed by atoms with Crippen LogP contribution >= 0.6 is 11.3 Å². The summed E-state index contributed by atoms with van der Waals surface area (Å²) in [6.07, 6.45) is 0.814. The molecule has 0 aliphatic rings. The molecule has 156 valence electrons. The van der Waals surface area contributed by atoms with E-state index < -0.39 is 4.92 Å². The minimum Gasteiger partial charge on any atom is -0.493 e. The number of ether oxygens (including phenoxy) is 2. The quantitative estimate of drug-likeness (QED) is 0.416. The van der Waals surface area contributed by atoms with Gasteiger partial charge in [0.05, 0.1) is 24.8 Å². The highest BCUT2D eigenvalue weighted by Crippen LogP contribution is 2.30. The third kappa shape index (κ3) is 4.93. The van der Waals surface area contributed by atoms with Gasteiger partial charge in [-0.25, -0.2) is 4.98 Å². The van der Waals surface area contributed by atoms with Crippen molar-refractivity contribution in [2.75, 3.05) is 19.5 Å². The summed E-state index contributed by atoms with van der Waals surface area (Å²) >= 11 is 1.27. The van der Waals surface area contributed by atoms with Crippen LogP contribution in [-0.4, -0.2) is 30.0 Å². The molecule has 0 atom stereocenters. The average Bonchev–Trinajstić information content (AvgIpc) is 3.20. The normalized spacial score (nSPS) is 10.5. The number of anilines is 1. The van der Waals surface area contributed by atoms with Crippen molar-refractivity contribution in [1.29, 1.82) is 0 Å². The number of rotatable bonds is 8. The second-order valence-corrected chi connectivity index (χ2v) is 7.39. The number of carbonyl (C=O) groups is 1. The van der Waals surface area contributed by atoms with Crippen molar-refractivity contribution in [3.8, 4) is 22.8 Å². The topological polar surface area (TPSA) is 104 Å². The van der Waals surface area contributed by atoms with E-state index in [-0.39, 0.29) is 18.0 Å². The Bertz CT molecular complexity index is 1080. The standard InChI is InChI=1S/C21H21N3O5S/c1-13-4-7-15(11-17(13)24(26)27)16-12-30-21(22-16)23-20(25)9-6-14-5-8-18(28-2)19(10-14)29-3/h4-5,7-8,10-12H,6,9H2,1-3H3,(H,22,23,25). The molecule has 1 heterocycles. The largest absolute Gasteiger partial charge is 0.493 e. The van der Waals surface area contributed by atoms with Gasteiger partial charge in [-0.15, -0.1) is 11.3 Å². The van der Waals surface area contributed by atoms with Crippen LogP contribution < -0.4 is 14.8 Å². The summed E-state index contributed by atoms with van der Waals surface area (Å²) in [5, 5.41) is 16.1. The van der Waals surface area contributed by atoms with Gasteiger partial charge >= 0.3 is 0 Å². The Morgan fingerprint density at radius 1 is 1.17 bits per heavy atom. The number of nitrogens with zero attached hydrogens (tertiary/aromatic N) is 2. The number of nitro groups is 1. The van der Waals surface area contributed by atoms with E-state index in [0.29, 0.717) is 39.9 Å². The van der Waals surface area contributed by atoms with Crippen molar-refractivity contribution in [2.24, 2.45) is 0 Å². The van der Waals surface area contributed by atoms with E-state index in [1.807, 2.05) is 12.1 Å². The van der Waals surface area contributed by atoms with Gasteiger partial charge in [-0.2, -0.15) is 0 Å². The molecule has 0 aliphatic carbocycles. The van der Waals surface area contributed by atoms with Crippen LogP contribution in [0.2, 0.25) is 0 Å². The van der Waals surface area contributed by atoms with Crippen molar-refractivity contribution in [3.63, 3.8) is 0 Å². The van der Waals surface area contributed by atoms with Crippen LogP contribution in [0.1, 0.15) is 17.5 Å².